The highest BCUT2D eigenvalue weighted by Crippen LogP contribution is 1.68. The van der Waals surface area contributed by atoms with Gasteiger partial charge in [0.2, 0.25) is 0 Å². The highest BCUT2D eigenvalue weighted by Gasteiger charge is 1.82. The van der Waals surface area contributed by atoms with Gasteiger partial charge in [-0.1, -0.05) is 0 Å². The predicted octanol–water partition coefficient (Wildman–Crippen LogP) is -0.365. The maximum atomic E-state index is 7.81. The first-order chi connectivity index (χ1) is 4.91. The van der Waals surface area contributed by atoms with Gasteiger partial charge < -0.3 is 16.2 Å². The molecule has 0 aromatic heterocycles. The first-order valence-electron chi connectivity index (χ1n) is 3.12. The van der Waals surface area contributed by atoms with Crippen molar-refractivity contribution >= 4 is 6.34 Å². The number of aliphatic hydroxyl groups is 1. The molecule has 1 rings (SSSR count). The zero-order valence-electron chi connectivity index (χ0n) is 5.83. The summed E-state index contributed by atoms with van der Waals surface area (Å²) in [4.78, 5) is 3.85. The third-order valence-electron chi connectivity index (χ3n) is 0.809. The van der Waals surface area contributed by atoms with E-state index in [4.69, 9.17) is 10.8 Å². The van der Waals surface area contributed by atoms with Crippen LogP contribution in [0.15, 0.2) is 17.3 Å². The van der Waals surface area contributed by atoms with Gasteiger partial charge in [-0.25, -0.2) is 0 Å². The monoisotopic (exact) mass is 143 g/mol. The van der Waals surface area contributed by atoms with Crippen LogP contribution in [0, 0.1) is 0 Å². The summed E-state index contributed by atoms with van der Waals surface area (Å²) in [5, 5.41) is 10.7. The number of aliphatic imine (C=N–C) groups is 1. The number of nitrogens with one attached hydrogen (secondary N) is 1. The lowest BCUT2D eigenvalue weighted by atomic mass is 10.6. The summed E-state index contributed by atoms with van der Waals surface area (Å²) in [5.74, 6) is 0. The average molecular weight is 143 g/mol. The molecular weight excluding hydrogens is 130 g/mol. The van der Waals surface area contributed by atoms with Crippen LogP contribution in [0.25, 0.3) is 0 Å². The van der Waals surface area contributed by atoms with Crippen molar-refractivity contribution in [1.82, 2.24) is 5.32 Å². The van der Waals surface area contributed by atoms with E-state index in [1.54, 1.807) is 6.34 Å². The Morgan fingerprint density at radius 2 is 2.60 bits per heavy atom. The Morgan fingerprint density at radius 1 is 1.80 bits per heavy atom. The summed E-state index contributed by atoms with van der Waals surface area (Å²) in [6, 6.07) is 0. The molecule has 0 amide bonds. The fourth-order valence-corrected chi connectivity index (χ4v) is 0.384. The first kappa shape index (κ1) is 8.97. The lowest BCUT2D eigenvalue weighted by molar-refractivity contribution is 0.472. The van der Waals surface area contributed by atoms with Crippen LogP contribution in [0.4, 0.5) is 0 Å². The molecule has 0 radical (unpaired) electrons. The molecule has 0 aliphatic carbocycles. The molecule has 10 heavy (non-hydrogen) atoms. The first-order valence-corrected chi connectivity index (χ1v) is 3.12. The lowest BCUT2D eigenvalue weighted by Crippen LogP contribution is -2.04. The highest BCUT2D eigenvalue weighted by atomic mass is 16.2. The van der Waals surface area contributed by atoms with Crippen LogP contribution in [0.5, 0.6) is 0 Å². The average Bonchev–Trinajstić information content (AvgIpc) is 2.44. The van der Waals surface area contributed by atoms with Gasteiger partial charge in [-0.05, 0) is 6.08 Å². The molecule has 0 aromatic rings. The van der Waals surface area contributed by atoms with Gasteiger partial charge in [-0.3, -0.25) is 4.99 Å². The van der Waals surface area contributed by atoms with Crippen molar-refractivity contribution in [3.8, 4) is 0 Å². The predicted molar refractivity (Wildman–Crippen MR) is 42.2 cm³/mol. The van der Waals surface area contributed by atoms with E-state index in [9.17, 15) is 0 Å². The second-order valence-electron chi connectivity index (χ2n) is 1.61. The van der Waals surface area contributed by atoms with Crippen molar-refractivity contribution in [1.29, 1.82) is 0 Å². The summed E-state index contributed by atoms with van der Waals surface area (Å²) >= 11 is 0. The van der Waals surface area contributed by atoms with E-state index in [0.29, 0.717) is 6.54 Å². The summed E-state index contributed by atoms with van der Waals surface area (Å²) in [6.45, 7) is 2.40. The zero-order valence-corrected chi connectivity index (χ0v) is 5.83. The molecule has 0 aromatic carbocycles. The van der Waals surface area contributed by atoms with Crippen LogP contribution in [0.2, 0.25) is 0 Å². The van der Waals surface area contributed by atoms with Gasteiger partial charge in [0, 0.05) is 13.1 Å². The fourth-order valence-electron chi connectivity index (χ4n) is 0.384. The van der Waals surface area contributed by atoms with Crippen molar-refractivity contribution < 1.29 is 5.11 Å². The molecule has 4 nitrogen and oxygen atoms in total. The summed E-state index contributed by atoms with van der Waals surface area (Å²) in [7, 11) is 0. The molecule has 0 atom stereocenters. The van der Waals surface area contributed by atoms with E-state index in [1.807, 2.05) is 0 Å². The molecule has 0 spiro atoms. The van der Waals surface area contributed by atoms with E-state index >= 15 is 0 Å². The number of aliphatic hydroxyl groups excluding tert-OH is 1. The normalized spacial score (nSPS) is 14.5. The fraction of sp³-hybridized carbons (Fsp3) is 0.500. The van der Waals surface area contributed by atoms with Gasteiger partial charge in [-0.2, -0.15) is 0 Å². The zero-order chi connectivity index (χ0) is 7.66. The largest absolute Gasteiger partial charge is 0.516 e. The number of hydrogen-bond donors (Lipinski definition) is 3. The molecule has 0 bridgehead atoms. The van der Waals surface area contributed by atoms with E-state index in [1.165, 1.54) is 6.08 Å². The molecular formula is C6H13N3O. The smallest absolute Gasteiger partial charge is 0.0825 e. The van der Waals surface area contributed by atoms with Crippen LogP contribution >= 0.6 is 0 Å². The second-order valence-corrected chi connectivity index (χ2v) is 1.61. The number of nitrogens with two attached hydrogens (primary N) is 1. The number of nitrogens with zero attached hydrogens (tertiary/aromatic N) is 1. The van der Waals surface area contributed by atoms with E-state index in [2.05, 4.69) is 10.3 Å². The van der Waals surface area contributed by atoms with Crippen LogP contribution in [-0.4, -0.2) is 31.1 Å². The molecule has 1 heterocycles. The van der Waals surface area contributed by atoms with Crippen molar-refractivity contribution in [2.75, 3.05) is 19.6 Å². The minimum Gasteiger partial charge on any atom is -0.516 e. The molecule has 0 saturated carbocycles. The second kappa shape index (κ2) is 7.97. The Kier molecular flexibility index (Phi) is 7.15. The number of hydrogen-bond acceptors (Lipinski definition) is 4. The maximum absolute atomic E-state index is 7.81. The van der Waals surface area contributed by atoms with E-state index in [-0.39, 0.29) is 0 Å². The SMILES string of the molecule is C1=NCCN1.NCC=CO. The van der Waals surface area contributed by atoms with Crippen molar-refractivity contribution in [3.05, 3.63) is 12.3 Å². The Balaban J connectivity index is 0.000000162. The van der Waals surface area contributed by atoms with E-state index in [0.717, 1.165) is 19.4 Å². The molecule has 58 valence electrons. The summed E-state index contributed by atoms with van der Waals surface area (Å²) in [5.41, 5.74) is 4.89. The molecule has 0 unspecified atom stereocenters. The molecule has 4 N–H and O–H groups in total. The molecule has 0 fully saturated rings. The van der Waals surface area contributed by atoms with Gasteiger partial charge in [0.1, 0.15) is 0 Å². The third kappa shape index (κ3) is 6.97. The summed E-state index contributed by atoms with van der Waals surface area (Å²) < 4.78 is 0. The van der Waals surface area contributed by atoms with Crippen LogP contribution in [-0.2, 0) is 0 Å². The van der Waals surface area contributed by atoms with Crippen molar-refractivity contribution in [2.24, 2.45) is 10.7 Å². The van der Waals surface area contributed by atoms with Crippen molar-refractivity contribution in [2.45, 2.75) is 0 Å². The Hall–Kier alpha value is -1.03. The maximum Gasteiger partial charge on any atom is 0.0825 e. The Morgan fingerprint density at radius 3 is 2.70 bits per heavy atom. The van der Waals surface area contributed by atoms with Gasteiger partial charge in [0.05, 0.1) is 19.1 Å². The quantitative estimate of drug-likeness (QED) is 0.439. The van der Waals surface area contributed by atoms with Crippen LogP contribution in [0.1, 0.15) is 0 Å². The van der Waals surface area contributed by atoms with E-state index < -0.39 is 0 Å². The Bertz CT molecular complexity index is 106. The van der Waals surface area contributed by atoms with Crippen LogP contribution < -0.4 is 11.1 Å². The topological polar surface area (TPSA) is 70.6 Å². The number of rotatable bonds is 1. The third-order valence-corrected chi connectivity index (χ3v) is 0.809. The minimum atomic E-state index is 0.413. The molecule has 4 heteroatoms. The summed E-state index contributed by atoms with van der Waals surface area (Å²) in [6.07, 6.45) is 4.12. The van der Waals surface area contributed by atoms with Crippen molar-refractivity contribution in [3.63, 3.8) is 0 Å². The molecule has 0 saturated heterocycles. The van der Waals surface area contributed by atoms with Gasteiger partial charge >= 0.3 is 0 Å². The minimum absolute atomic E-state index is 0.413. The van der Waals surface area contributed by atoms with Gasteiger partial charge in [0.15, 0.2) is 0 Å². The van der Waals surface area contributed by atoms with Gasteiger partial charge in [-0.15, -0.1) is 0 Å². The van der Waals surface area contributed by atoms with Gasteiger partial charge in [0.25, 0.3) is 0 Å². The molecule has 1 aliphatic rings. The Labute approximate surface area is 60.5 Å². The van der Waals surface area contributed by atoms with Crippen LogP contribution in [0.3, 0.4) is 0 Å². The lowest BCUT2D eigenvalue weighted by Gasteiger charge is -1.75. The highest BCUT2D eigenvalue weighted by molar-refractivity contribution is 5.56. The standard InChI is InChI=1S/C3H6N2.C3H7NO/c1-2-5-3-4-1;4-2-1-3-5/h3H,1-2H2,(H,4,5);1,3,5H,2,4H2. The molecule has 1 aliphatic heterocycles.